The number of pyridine rings is 1. The van der Waals surface area contributed by atoms with Crippen LogP contribution in [-0.4, -0.2) is 18.1 Å². The fourth-order valence-electron chi connectivity index (χ4n) is 4.12. The zero-order valence-electron chi connectivity index (χ0n) is 20.0. The lowest BCUT2D eigenvalue weighted by molar-refractivity contribution is 0.0735. The summed E-state index contributed by atoms with van der Waals surface area (Å²) in [7, 11) is 1.64. The van der Waals surface area contributed by atoms with Gasteiger partial charge in [-0.2, -0.15) is 0 Å². The summed E-state index contributed by atoms with van der Waals surface area (Å²) in [5, 5.41) is 0.800. The number of esters is 1. The first kappa shape index (κ1) is 22.5. The van der Waals surface area contributed by atoms with Crippen LogP contribution in [0.1, 0.15) is 52.4 Å². The Hall–Kier alpha value is -3.66. The van der Waals surface area contributed by atoms with Gasteiger partial charge >= 0.3 is 5.97 Å². The molecule has 0 N–H and O–H groups in total. The second-order valence-corrected chi connectivity index (χ2v) is 8.85. The van der Waals surface area contributed by atoms with E-state index in [0.717, 1.165) is 50.2 Å². The first-order chi connectivity index (χ1) is 15.8. The van der Waals surface area contributed by atoms with Crippen LogP contribution in [0.25, 0.3) is 22.2 Å². The van der Waals surface area contributed by atoms with E-state index in [2.05, 4.69) is 19.9 Å². The number of nitrogens with zero attached hydrogens (tertiary/aromatic N) is 1. The Kier molecular flexibility index (Phi) is 6.19. The summed E-state index contributed by atoms with van der Waals surface area (Å²) in [6.07, 6.45) is 0. The third-order valence-electron chi connectivity index (χ3n) is 5.85. The van der Waals surface area contributed by atoms with Crippen molar-refractivity contribution in [1.82, 2.24) is 4.98 Å². The van der Waals surface area contributed by atoms with Gasteiger partial charge < -0.3 is 9.47 Å². The van der Waals surface area contributed by atoms with Gasteiger partial charge in [0.15, 0.2) is 0 Å². The van der Waals surface area contributed by atoms with Gasteiger partial charge in [-0.05, 0) is 85.8 Å². The predicted molar refractivity (Wildman–Crippen MR) is 133 cm³/mol. The summed E-state index contributed by atoms with van der Waals surface area (Å²) in [6.45, 7) is 10.2. The lowest BCUT2D eigenvalue weighted by Crippen LogP contribution is -2.12. The lowest BCUT2D eigenvalue weighted by Gasteiger charge is -2.16. The summed E-state index contributed by atoms with van der Waals surface area (Å²) >= 11 is 0. The summed E-state index contributed by atoms with van der Waals surface area (Å²) in [5.41, 5.74) is 7.09. The average Bonchev–Trinajstić information content (AvgIpc) is 2.78. The summed E-state index contributed by atoms with van der Waals surface area (Å²) < 4.78 is 11.3. The highest BCUT2D eigenvalue weighted by atomic mass is 16.5. The lowest BCUT2D eigenvalue weighted by atomic mass is 9.99. The molecule has 0 unspecified atom stereocenters. The van der Waals surface area contributed by atoms with Crippen molar-refractivity contribution in [3.63, 3.8) is 0 Å². The molecule has 0 fully saturated rings. The van der Waals surface area contributed by atoms with Gasteiger partial charge in [-0.15, -0.1) is 0 Å². The van der Waals surface area contributed by atoms with Crippen LogP contribution in [0, 0.1) is 20.8 Å². The average molecular weight is 440 g/mol. The van der Waals surface area contributed by atoms with Crippen molar-refractivity contribution >= 4 is 16.9 Å². The number of carbonyl (C=O) groups excluding carboxylic acids is 1. The van der Waals surface area contributed by atoms with Crippen LogP contribution in [-0.2, 0) is 0 Å². The van der Waals surface area contributed by atoms with Crippen LogP contribution in [0.3, 0.4) is 0 Å². The number of aryl methyl sites for hydroxylation is 3. The van der Waals surface area contributed by atoms with Gasteiger partial charge in [0.05, 0.1) is 23.9 Å². The molecule has 4 heteroatoms. The monoisotopic (exact) mass is 439 g/mol. The predicted octanol–water partition coefficient (Wildman–Crippen LogP) is 7.18. The fraction of sp³-hybridized carbons (Fsp3) is 0.241. The van der Waals surface area contributed by atoms with Crippen LogP contribution in [0.2, 0.25) is 0 Å². The smallest absolute Gasteiger partial charge is 0.344 e. The van der Waals surface area contributed by atoms with Crippen LogP contribution >= 0.6 is 0 Å². The summed E-state index contributed by atoms with van der Waals surface area (Å²) in [6, 6.07) is 19.6. The second-order valence-electron chi connectivity index (χ2n) is 8.85. The van der Waals surface area contributed by atoms with Crippen LogP contribution in [0.15, 0.2) is 60.7 Å². The van der Waals surface area contributed by atoms with Gasteiger partial charge in [-0.3, -0.25) is 0 Å². The highest BCUT2D eigenvalue weighted by molar-refractivity contribution is 6.06. The maximum atomic E-state index is 13.6. The molecule has 0 amide bonds. The Morgan fingerprint density at radius 1 is 0.879 bits per heavy atom. The van der Waals surface area contributed by atoms with Crippen molar-refractivity contribution in [3.05, 3.63) is 88.5 Å². The van der Waals surface area contributed by atoms with Gasteiger partial charge in [0.25, 0.3) is 0 Å². The first-order valence-electron chi connectivity index (χ1n) is 11.2. The minimum absolute atomic E-state index is 0.238. The molecule has 4 nitrogen and oxygen atoms in total. The Morgan fingerprint density at radius 3 is 2.27 bits per heavy atom. The molecule has 0 aliphatic rings. The number of rotatable bonds is 5. The molecule has 1 aromatic heterocycles. The molecule has 0 saturated heterocycles. The molecule has 4 rings (SSSR count). The highest BCUT2D eigenvalue weighted by Crippen LogP contribution is 2.32. The Bertz CT molecular complexity index is 1340. The normalized spacial score (nSPS) is 11.1. The largest absolute Gasteiger partial charge is 0.497 e. The summed E-state index contributed by atoms with van der Waals surface area (Å²) in [5.74, 6) is 1.23. The molecule has 0 atom stereocenters. The van der Waals surface area contributed by atoms with Crippen molar-refractivity contribution < 1.29 is 14.3 Å². The topological polar surface area (TPSA) is 48.4 Å². The number of hydrogen-bond acceptors (Lipinski definition) is 4. The number of benzene rings is 3. The van der Waals surface area contributed by atoms with Gasteiger partial charge in [0, 0.05) is 10.9 Å². The van der Waals surface area contributed by atoms with Gasteiger partial charge in [0.1, 0.15) is 11.5 Å². The standard InChI is InChI=1S/C29H29NO3/c1-17(2)23-12-7-18(3)15-27(23)33-29(31)25-16-26(21-8-10-22(32-6)11-9-21)30-28-20(5)13-19(4)14-24(25)28/h7-17H,1-6H3. The highest BCUT2D eigenvalue weighted by Gasteiger charge is 2.20. The molecule has 1 heterocycles. The van der Waals surface area contributed by atoms with Crippen molar-refractivity contribution in [3.8, 4) is 22.8 Å². The van der Waals surface area contributed by atoms with E-state index < -0.39 is 0 Å². The minimum atomic E-state index is -0.380. The summed E-state index contributed by atoms with van der Waals surface area (Å²) in [4.78, 5) is 18.5. The number of fused-ring (bicyclic) bond motifs is 1. The third-order valence-corrected chi connectivity index (χ3v) is 5.85. The Labute approximate surface area is 195 Å². The van der Waals surface area contributed by atoms with Crippen molar-refractivity contribution in [2.75, 3.05) is 7.11 Å². The molecule has 168 valence electrons. The maximum Gasteiger partial charge on any atom is 0.344 e. The number of aromatic nitrogens is 1. The Balaban J connectivity index is 1.86. The van der Waals surface area contributed by atoms with Gasteiger partial charge in [0.2, 0.25) is 0 Å². The quantitative estimate of drug-likeness (QED) is 0.244. The number of hydrogen-bond donors (Lipinski definition) is 0. The maximum absolute atomic E-state index is 13.6. The van der Waals surface area contributed by atoms with E-state index in [4.69, 9.17) is 14.5 Å². The molecule has 0 spiro atoms. The van der Waals surface area contributed by atoms with E-state index in [-0.39, 0.29) is 11.9 Å². The molecule has 0 radical (unpaired) electrons. The molecule has 0 bridgehead atoms. The molecule has 0 saturated carbocycles. The molecule has 0 aliphatic carbocycles. The SMILES string of the molecule is COc1ccc(-c2cc(C(=O)Oc3cc(C)ccc3C(C)C)c3cc(C)cc(C)c3n2)cc1. The zero-order chi connectivity index (χ0) is 23.7. The van der Waals surface area contributed by atoms with E-state index >= 15 is 0 Å². The van der Waals surface area contributed by atoms with Gasteiger partial charge in [-0.1, -0.05) is 37.6 Å². The zero-order valence-corrected chi connectivity index (χ0v) is 20.0. The van der Waals surface area contributed by atoms with Crippen LogP contribution < -0.4 is 9.47 Å². The van der Waals surface area contributed by atoms with Crippen molar-refractivity contribution in [1.29, 1.82) is 0 Å². The minimum Gasteiger partial charge on any atom is -0.497 e. The number of methoxy groups -OCH3 is 1. The van der Waals surface area contributed by atoms with Crippen molar-refractivity contribution in [2.45, 2.75) is 40.5 Å². The van der Waals surface area contributed by atoms with E-state index in [9.17, 15) is 4.79 Å². The third kappa shape index (κ3) is 4.61. The molecule has 33 heavy (non-hydrogen) atoms. The first-order valence-corrected chi connectivity index (χ1v) is 11.2. The van der Waals surface area contributed by atoms with E-state index in [1.807, 2.05) is 75.4 Å². The molecular formula is C29H29NO3. The van der Waals surface area contributed by atoms with Crippen LogP contribution in [0.5, 0.6) is 11.5 Å². The Morgan fingerprint density at radius 2 is 1.61 bits per heavy atom. The number of carbonyl (C=O) groups is 1. The second kappa shape index (κ2) is 9.07. The molecule has 3 aromatic carbocycles. The van der Waals surface area contributed by atoms with E-state index in [0.29, 0.717) is 11.3 Å². The van der Waals surface area contributed by atoms with E-state index in [1.54, 1.807) is 7.11 Å². The molecule has 0 aliphatic heterocycles. The fourth-order valence-corrected chi connectivity index (χ4v) is 4.12. The van der Waals surface area contributed by atoms with Crippen molar-refractivity contribution in [2.24, 2.45) is 0 Å². The van der Waals surface area contributed by atoms with Crippen LogP contribution in [0.4, 0.5) is 0 Å². The number of ether oxygens (including phenoxy) is 2. The van der Waals surface area contributed by atoms with E-state index in [1.165, 1.54) is 0 Å². The molecule has 4 aromatic rings. The van der Waals surface area contributed by atoms with Gasteiger partial charge in [-0.25, -0.2) is 9.78 Å². The molecular weight excluding hydrogens is 410 g/mol.